The second-order valence-corrected chi connectivity index (χ2v) is 11.1. The summed E-state index contributed by atoms with van der Waals surface area (Å²) in [6, 6.07) is 4.16. The smallest absolute Gasteiger partial charge is 0.220 e. The van der Waals surface area contributed by atoms with Gasteiger partial charge < -0.3 is 10.1 Å². The molecular formula is C23H27FIN5O2. The third-order valence-electron chi connectivity index (χ3n) is 6.86. The van der Waals surface area contributed by atoms with Crippen molar-refractivity contribution in [3.63, 3.8) is 0 Å². The summed E-state index contributed by atoms with van der Waals surface area (Å²) in [5.74, 6) is 0.973. The lowest BCUT2D eigenvalue weighted by Crippen LogP contribution is -2.25. The number of fused-ring (bicyclic) bond motifs is 1. The normalized spacial score (nSPS) is 26.6. The molecule has 1 saturated carbocycles. The van der Waals surface area contributed by atoms with Crippen LogP contribution >= 0.6 is 22.6 Å². The summed E-state index contributed by atoms with van der Waals surface area (Å²) in [4.78, 5) is 11.7. The van der Waals surface area contributed by atoms with Crippen molar-refractivity contribution in [2.75, 3.05) is 6.54 Å². The van der Waals surface area contributed by atoms with E-state index in [0.29, 0.717) is 25.8 Å². The van der Waals surface area contributed by atoms with E-state index >= 15 is 0 Å². The van der Waals surface area contributed by atoms with Gasteiger partial charge >= 0.3 is 0 Å². The molecule has 1 aliphatic heterocycles. The van der Waals surface area contributed by atoms with Crippen molar-refractivity contribution in [3.05, 3.63) is 30.2 Å². The largest absolute Gasteiger partial charge is 0.490 e. The molecule has 2 aliphatic rings. The topological polar surface area (TPSA) is 74.0 Å². The highest BCUT2D eigenvalue weighted by Gasteiger charge is 2.38. The Morgan fingerprint density at radius 3 is 2.88 bits per heavy atom. The number of halogens is 2. The van der Waals surface area contributed by atoms with E-state index in [1.807, 2.05) is 77.4 Å². The van der Waals surface area contributed by atoms with Gasteiger partial charge in [-0.3, -0.25) is 14.2 Å². The third-order valence-corrected chi connectivity index (χ3v) is 7.84. The molecule has 0 bridgehead atoms. The average Bonchev–Trinajstić information content (AvgIpc) is 3.50. The molecule has 9 heteroatoms. The van der Waals surface area contributed by atoms with Crippen LogP contribution in [0.3, 0.4) is 0 Å². The highest BCUT2D eigenvalue weighted by Crippen LogP contribution is 2.45. The molecule has 1 aromatic carbocycles. The van der Waals surface area contributed by atoms with Gasteiger partial charge in [0.15, 0.2) is 3.68 Å². The number of amides is 1. The predicted octanol–water partition coefficient (Wildman–Crippen LogP) is 4.47. The Hall–Kier alpha value is -2.17. The van der Waals surface area contributed by atoms with Gasteiger partial charge in [-0.1, -0.05) is 0 Å². The van der Waals surface area contributed by atoms with E-state index in [9.17, 15) is 9.18 Å². The van der Waals surface area contributed by atoms with Crippen LogP contribution in [0.2, 0.25) is 0 Å². The number of benzene rings is 1. The van der Waals surface area contributed by atoms with Crippen LogP contribution in [0.4, 0.5) is 4.39 Å². The summed E-state index contributed by atoms with van der Waals surface area (Å²) in [5, 5.41) is 13.1. The summed E-state index contributed by atoms with van der Waals surface area (Å²) in [7, 11) is 1.92. The fourth-order valence-corrected chi connectivity index (χ4v) is 5.62. The maximum atomic E-state index is 14.3. The zero-order chi connectivity index (χ0) is 22.6. The molecule has 0 spiro atoms. The lowest BCUT2D eigenvalue weighted by molar-refractivity contribution is -0.119. The number of hydrogen-bond donors (Lipinski definition) is 1. The Labute approximate surface area is 199 Å². The first-order valence-electron chi connectivity index (χ1n) is 11.0. The van der Waals surface area contributed by atoms with Gasteiger partial charge in [0.1, 0.15) is 11.9 Å². The van der Waals surface area contributed by atoms with E-state index in [2.05, 4.69) is 15.5 Å². The summed E-state index contributed by atoms with van der Waals surface area (Å²) in [5.41, 5.74) is 3.80. The zero-order valence-corrected chi connectivity index (χ0v) is 20.6. The van der Waals surface area contributed by atoms with Crippen LogP contribution in [0.15, 0.2) is 24.5 Å². The summed E-state index contributed by atoms with van der Waals surface area (Å²) in [6.45, 7) is 4.68. The molecule has 2 unspecified atom stereocenters. The highest BCUT2D eigenvalue weighted by atomic mass is 127. The molecule has 1 amide bonds. The molecule has 1 saturated heterocycles. The SMILES string of the molecule is Cc1c2c(O[C@H](C)[C@H]3CNC(=O)C3)cc(-c3cnn(C4CCC(F)(I)C4)c3)cc2nn1C. The van der Waals surface area contributed by atoms with E-state index in [1.54, 1.807) is 0 Å². The number of rotatable bonds is 5. The van der Waals surface area contributed by atoms with E-state index in [4.69, 9.17) is 4.74 Å². The van der Waals surface area contributed by atoms with E-state index in [-0.39, 0.29) is 24.0 Å². The first-order chi connectivity index (χ1) is 15.2. The maximum absolute atomic E-state index is 14.3. The van der Waals surface area contributed by atoms with Gasteiger partial charge in [0, 0.05) is 49.8 Å². The minimum atomic E-state index is -1.15. The summed E-state index contributed by atoms with van der Waals surface area (Å²) >= 11 is 1.91. The monoisotopic (exact) mass is 551 g/mol. The Morgan fingerprint density at radius 2 is 2.19 bits per heavy atom. The Balaban J connectivity index is 1.49. The van der Waals surface area contributed by atoms with Crippen LogP contribution in [0.1, 0.15) is 44.3 Å². The molecule has 7 nitrogen and oxygen atoms in total. The number of hydrogen-bond acceptors (Lipinski definition) is 4. The zero-order valence-electron chi connectivity index (χ0n) is 18.4. The number of nitrogens with one attached hydrogen (secondary N) is 1. The average molecular weight is 551 g/mol. The summed E-state index contributed by atoms with van der Waals surface area (Å²) in [6.07, 6.45) is 6.01. The fraction of sp³-hybridized carbons (Fsp3) is 0.522. The van der Waals surface area contributed by atoms with Gasteiger partial charge in [0.2, 0.25) is 5.91 Å². The van der Waals surface area contributed by atoms with Gasteiger partial charge in [-0.25, -0.2) is 4.39 Å². The van der Waals surface area contributed by atoms with Crippen molar-refractivity contribution in [2.24, 2.45) is 13.0 Å². The van der Waals surface area contributed by atoms with Crippen molar-refractivity contribution in [1.82, 2.24) is 24.9 Å². The van der Waals surface area contributed by atoms with Crippen LogP contribution < -0.4 is 10.1 Å². The van der Waals surface area contributed by atoms with E-state index in [1.165, 1.54) is 0 Å². The van der Waals surface area contributed by atoms with Gasteiger partial charge in [-0.05, 0) is 67.0 Å². The lowest BCUT2D eigenvalue weighted by atomic mass is 10.0. The molecule has 5 rings (SSSR count). The highest BCUT2D eigenvalue weighted by molar-refractivity contribution is 14.1. The van der Waals surface area contributed by atoms with Crippen LogP contribution in [0, 0.1) is 12.8 Å². The first kappa shape index (κ1) is 21.7. The number of aryl methyl sites for hydroxylation is 2. The van der Waals surface area contributed by atoms with Crippen LogP contribution in [-0.4, -0.2) is 41.8 Å². The predicted molar refractivity (Wildman–Crippen MR) is 129 cm³/mol. The second kappa shape index (κ2) is 8.00. The Bertz CT molecular complexity index is 1190. The van der Waals surface area contributed by atoms with Crippen LogP contribution in [-0.2, 0) is 11.8 Å². The Kier molecular flexibility index (Phi) is 5.42. The van der Waals surface area contributed by atoms with Gasteiger partial charge in [0.25, 0.3) is 0 Å². The molecule has 1 N–H and O–H groups in total. The molecule has 2 fully saturated rings. The number of carbonyl (C=O) groups excluding carboxylic acids is 1. The van der Waals surface area contributed by atoms with Crippen molar-refractivity contribution in [3.8, 4) is 16.9 Å². The van der Waals surface area contributed by atoms with Gasteiger partial charge in [-0.15, -0.1) is 0 Å². The van der Waals surface area contributed by atoms with Crippen LogP contribution in [0.5, 0.6) is 5.75 Å². The lowest BCUT2D eigenvalue weighted by Gasteiger charge is -2.20. The molecule has 4 atom stereocenters. The molecule has 0 radical (unpaired) electrons. The third kappa shape index (κ3) is 3.99. The van der Waals surface area contributed by atoms with Gasteiger partial charge in [-0.2, -0.15) is 10.2 Å². The molecule has 2 aromatic heterocycles. The number of ether oxygens (including phenoxy) is 1. The van der Waals surface area contributed by atoms with Crippen molar-refractivity contribution in [2.45, 2.75) is 55.4 Å². The molecule has 32 heavy (non-hydrogen) atoms. The minimum Gasteiger partial charge on any atom is -0.490 e. The quantitative estimate of drug-likeness (QED) is 0.375. The minimum absolute atomic E-state index is 0.0741. The standard InChI is InChI=1S/C23H27FIN5O2/c1-13-22-19(28-29(13)3)6-15(7-20(22)32-14(2)16-8-21(31)26-10-16)17-11-27-30(12-17)18-4-5-23(24,25)9-18/h6-7,11-12,14,16,18H,4-5,8-10H2,1-3H3,(H,26,31)/t14-,16-,18?,23?/m1/s1. The van der Waals surface area contributed by atoms with E-state index in [0.717, 1.165) is 39.9 Å². The number of carbonyl (C=O) groups is 1. The van der Waals surface area contributed by atoms with Crippen LogP contribution in [0.25, 0.3) is 22.0 Å². The molecule has 3 aromatic rings. The van der Waals surface area contributed by atoms with Crippen molar-refractivity contribution in [1.29, 1.82) is 0 Å². The fourth-order valence-electron chi connectivity index (χ4n) is 4.80. The van der Waals surface area contributed by atoms with Crippen molar-refractivity contribution < 1.29 is 13.9 Å². The second-order valence-electron chi connectivity index (χ2n) is 9.13. The molecule has 1 aliphatic carbocycles. The maximum Gasteiger partial charge on any atom is 0.220 e. The molecule has 170 valence electrons. The molecule has 3 heterocycles. The number of aromatic nitrogens is 4. The molecular weight excluding hydrogens is 524 g/mol. The van der Waals surface area contributed by atoms with Crippen molar-refractivity contribution >= 4 is 39.4 Å². The van der Waals surface area contributed by atoms with E-state index < -0.39 is 3.68 Å². The number of alkyl halides is 2. The number of nitrogens with zero attached hydrogens (tertiary/aromatic N) is 4. The summed E-state index contributed by atoms with van der Waals surface area (Å²) < 4.78 is 23.3. The first-order valence-corrected chi connectivity index (χ1v) is 12.1. The van der Waals surface area contributed by atoms with Gasteiger partial charge in [0.05, 0.1) is 23.1 Å². The Morgan fingerprint density at radius 1 is 1.38 bits per heavy atom.